The molecule has 3 aliphatic carbocycles. The van der Waals surface area contributed by atoms with Crippen LogP contribution in [0, 0.1) is 35.5 Å². The zero-order chi connectivity index (χ0) is 62.4. The van der Waals surface area contributed by atoms with E-state index in [0.717, 1.165) is 36.4 Å². The lowest BCUT2D eigenvalue weighted by molar-refractivity contribution is -0.152. The number of ether oxygens (including phenoxy) is 12. The molecule has 0 aromatic heterocycles. The molecule has 5 rings (SSSR count). The maximum atomic E-state index is 13.6. The molecule has 3 fully saturated rings. The molecule has 2 aromatic rings. The summed E-state index contributed by atoms with van der Waals surface area (Å²) in [6, 6.07) is 7.50. The lowest BCUT2D eigenvalue weighted by Gasteiger charge is -2.26. The highest BCUT2D eigenvalue weighted by Gasteiger charge is 2.36. The Kier molecular flexibility index (Phi) is 28.4. The van der Waals surface area contributed by atoms with Gasteiger partial charge in [-0.3, -0.25) is 28.8 Å². The first-order valence-corrected chi connectivity index (χ1v) is 28.4. The van der Waals surface area contributed by atoms with Crippen LogP contribution in [0.2, 0.25) is 0 Å². The van der Waals surface area contributed by atoms with Crippen molar-refractivity contribution >= 4 is 71.6 Å². The molecule has 464 valence electrons. The molecular weight excluding hydrogens is 1130 g/mol. The molecule has 24 heteroatoms. The maximum Gasteiger partial charge on any atom is 0.342 e. The van der Waals surface area contributed by atoms with Crippen LogP contribution in [0.3, 0.4) is 0 Å². The molecule has 3 aliphatic rings. The summed E-state index contributed by atoms with van der Waals surface area (Å²) in [5.41, 5.74) is -0.567. The van der Waals surface area contributed by atoms with Crippen LogP contribution >= 0.6 is 0 Å². The average Bonchev–Trinajstić information content (AvgIpc) is 2.52. The fourth-order valence-corrected chi connectivity index (χ4v) is 9.40. The number of esters is 12. The number of benzene rings is 2. The summed E-state index contributed by atoms with van der Waals surface area (Å²) >= 11 is 0. The number of carbonyl (C=O) groups excluding carboxylic acids is 12. The molecule has 0 unspecified atom stereocenters. The van der Waals surface area contributed by atoms with E-state index in [1.807, 2.05) is 0 Å². The zero-order valence-electron chi connectivity index (χ0n) is 47.8. The van der Waals surface area contributed by atoms with E-state index in [9.17, 15) is 57.5 Å². The van der Waals surface area contributed by atoms with E-state index < -0.39 is 107 Å². The first kappa shape index (κ1) is 67.8. The SMILES string of the molecule is C=CC(=O)OCCCCOC(=O)C1CCC(C(=O)Oc2ccc(OC(=O)C3CCC(C(=O)Oc4ccc(OC(=O)C5CCC(C(=O)OCCCCOC(=O)C=C)CC5)c(C(=O)OCCOC(=O)C=C)c4)CC3)cc2C(=O)OCCOC(=O)C=C)CC1. The number of carbonyl (C=O) groups is 12. The Bertz CT molecular complexity index is 2600. The third-order valence-corrected chi connectivity index (χ3v) is 14.2. The third kappa shape index (κ3) is 22.6. The van der Waals surface area contributed by atoms with Crippen molar-refractivity contribution in [2.75, 3.05) is 52.9 Å². The fraction of sp³-hybridized carbons (Fsp3) is 0.484. The smallest absolute Gasteiger partial charge is 0.342 e. The summed E-state index contributed by atoms with van der Waals surface area (Å²) in [5.74, 6) is -12.2. The van der Waals surface area contributed by atoms with Crippen LogP contribution in [-0.4, -0.2) is 124 Å². The second-order valence-electron chi connectivity index (χ2n) is 20.2. The number of unbranched alkanes of at least 4 members (excludes halogenated alkanes) is 2. The molecule has 0 amide bonds. The van der Waals surface area contributed by atoms with E-state index >= 15 is 0 Å². The minimum atomic E-state index is -0.997. The van der Waals surface area contributed by atoms with Gasteiger partial charge in [-0.2, -0.15) is 0 Å². The van der Waals surface area contributed by atoms with Gasteiger partial charge in [0.25, 0.3) is 0 Å². The van der Waals surface area contributed by atoms with Crippen molar-refractivity contribution in [3.8, 4) is 23.0 Å². The molecule has 2 aromatic carbocycles. The Morgan fingerprint density at radius 1 is 0.314 bits per heavy atom. The maximum absolute atomic E-state index is 13.6. The Labute approximate surface area is 496 Å². The molecule has 0 spiro atoms. The lowest BCUT2D eigenvalue weighted by atomic mass is 9.82. The minimum Gasteiger partial charge on any atom is -0.465 e. The van der Waals surface area contributed by atoms with Gasteiger partial charge in [-0.1, -0.05) is 26.3 Å². The summed E-state index contributed by atoms with van der Waals surface area (Å²) in [5, 5.41) is 0. The highest BCUT2D eigenvalue weighted by atomic mass is 16.6. The lowest BCUT2D eigenvalue weighted by Crippen LogP contribution is -2.30. The molecular formula is C62H72O24. The van der Waals surface area contributed by atoms with Crippen LogP contribution < -0.4 is 18.9 Å². The predicted octanol–water partition coefficient (Wildman–Crippen LogP) is 7.30. The van der Waals surface area contributed by atoms with Crippen molar-refractivity contribution < 1.29 is 114 Å². The van der Waals surface area contributed by atoms with E-state index in [1.165, 1.54) is 24.3 Å². The molecule has 0 saturated heterocycles. The molecule has 24 nitrogen and oxygen atoms in total. The zero-order valence-corrected chi connectivity index (χ0v) is 47.8. The van der Waals surface area contributed by atoms with Crippen molar-refractivity contribution in [3.63, 3.8) is 0 Å². The first-order valence-electron chi connectivity index (χ1n) is 28.4. The van der Waals surface area contributed by atoms with Crippen molar-refractivity contribution in [1.82, 2.24) is 0 Å². The predicted molar refractivity (Wildman–Crippen MR) is 297 cm³/mol. The normalized spacial score (nSPS) is 18.7. The van der Waals surface area contributed by atoms with Gasteiger partial charge in [-0.25, -0.2) is 28.8 Å². The molecule has 3 saturated carbocycles. The van der Waals surface area contributed by atoms with Crippen LogP contribution in [0.1, 0.15) is 123 Å². The molecule has 0 aliphatic heterocycles. The molecule has 0 atom stereocenters. The largest absolute Gasteiger partial charge is 0.465 e. The van der Waals surface area contributed by atoms with Crippen molar-refractivity contribution in [3.05, 3.63) is 98.1 Å². The van der Waals surface area contributed by atoms with Crippen LogP contribution in [0.4, 0.5) is 0 Å². The molecule has 0 N–H and O–H groups in total. The van der Waals surface area contributed by atoms with Gasteiger partial charge in [-0.15, -0.1) is 0 Å². The highest BCUT2D eigenvalue weighted by molar-refractivity contribution is 5.95. The first-order chi connectivity index (χ1) is 41.4. The Hall–Kier alpha value is -8.96. The van der Waals surface area contributed by atoms with Gasteiger partial charge in [0.1, 0.15) is 60.6 Å². The Morgan fingerprint density at radius 2 is 0.558 bits per heavy atom. The molecule has 86 heavy (non-hydrogen) atoms. The molecule has 0 heterocycles. The van der Waals surface area contributed by atoms with Gasteiger partial charge < -0.3 is 56.8 Å². The fourth-order valence-electron chi connectivity index (χ4n) is 9.40. The standard InChI is InChI=1S/C62H72O24/c1-5-51(63)75-29-9-11-31-79-55(67)39-13-17-43(18-14-39)59(71)85-49-27-25-45(37-47(49)61(73)81-35-33-77-53(65)7-3)83-57(69)41-21-23-42(24-22-41)58(70)84-46-26-28-50(48(38-46)62(74)82-36-34-78-54(66)8-4)86-60(72)44-19-15-40(16-20-44)56(68)80-32-12-10-30-76-52(64)6-2/h5-8,25-28,37-44H,1-4,9-24,29-36H2. The van der Waals surface area contributed by atoms with Crippen molar-refractivity contribution in [2.45, 2.75) is 103 Å². The van der Waals surface area contributed by atoms with Crippen LogP contribution in [0.5, 0.6) is 23.0 Å². The van der Waals surface area contributed by atoms with E-state index in [4.69, 9.17) is 56.8 Å². The number of rotatable bonds is 32. The highest BCUT2D eigenvalue weighted by Crippen LogP contribution is 2.37. The minimum absolute atomic E-state index is 0.0973. The van der Waals surface area contributed by atoms with E-state index in [-0.39, 0.29) is 113 Å². The van der Waals surface area contributed by atoms with E-state index in [2.05, 4.69) is 26.3 Å². The van der Waals surface area contributed by atoms with Gasteiger partial charge in [0.2, 0.25) is 0 Å². The summed E-state index contributed by atoms with van der Waals surface area (Å²) in [6.45, 7) is 12.5. The molecule has 0 bridgehead atoms. The van der Waals surface area contributed by atoms with Crippen LogP contribution in [-0.2, 0) is 85.8 Å². The van der Waals surface area contributed by atoms with Gasteiger partial charge in [0.15, 0.2) is 0 Å². The van der Waals surface area contributed by atoms with Crippen LogP contribution in [0.25, 0.3) is 0 Å². The molecule has 0 radical (unpaired) electrons. The van der Waals surface area contributed by atoms with Crippen LogP contribution in [0.15, 0.2) is 87.0 Å². The third-order valence-electron chi connectivity index (χ3n) is 14.2. The van der Waals surface area contributed by atoms with Gasteiger partial charge in [-0.05, 0) is 139 Å². The Morgan fingerprint density at radius 3 is 0.849 bits per heavy atom. The second kappa shape index (κ2) is 36.0. The average molecular weight is 1200 g/mol. The topological polar surface area (TPSA) is 316 Å². The summed E-state index contributed by atoms with van der Waals surface area (Å²) in [7, 11) is 0. The second-order valence-corrected chi connectivity index (χ2v) is 20.2. The number of hydrogen-bond acceptors (Lipinski definition) is 24. The van der Waals surface area contributed by atoms with Gasteiger partial charge >= 0.3 is 71.6 Å². The quantitative estimate of drug-likeness (QED) is 0.0228. The summed E-state index contributed by atoms with van der Waals surface area (Å²) < 4.78 is 63.8. The monoisotopic (exact) mass is 1200 g/mol. The van der Waals surface area contributed by atoms with E-state index in [1.54, 1.807) is 0 Å². The van der Waals surface area contributed by atoms with Gasteiger partial charge in [0, 0.05) is 24.3 Å². The van der Waals surface area contributed by atoms with Crippen molar-refractivity contribution in [1.29, 1.82) is 0 Å². The van der Waals surface area contributed by atoms with E-state index in [0.29, 0.717) is 77.0 Å². The summed E-state index contributed by atoms with van der Waals surface area (Å²) in [4.78, 5) is 152. The Balaban J connectivity index is 1.15. The van der Waals surface area contributed by atoms with Crippen molar-refractivity contribution in [2.24, 2.45) is 35.5 Å². The van der Waals surface area contributed by atoms with Gasteiger partial charge in [0.05, 0.1) is 61.9 Å². The number of hydrogen-bond donors (Lipinski definition) is 0. The summed E-state index contributed by atoms with van der Waals surface area (Å²) in [6.07, 6.45) is 9.20.